The molecule has 0 unspecified atom stereocenters. The number of anilines is 1. The molecule has 0 bridgehead atoms. The molecule has 0 amide bonds. The highest BCUT2D eigenvalue weighted by Gasteiger charge is 2.24. The first-order valence-corrected chi connectivity index (χ1v) is 7.04. The van der Waals surface area contributed by atoms with E-state index < -0.39 is 10.0 Å². The summed E-state index contributed by atoms with van der Waals surface area (Å²) >= 11 is 0. The Balaban J connectivity index is 3.01. The second-order valence-corrected chi connectivity index (χ2v) is 5.66. The molecule has 1 heterocycles. The fourth-order valence-electron chi connectivity index (χ4n) is 1.46. The summed E-state index contributed by atoms with van der Waals surface area (Å²) < 4.78 is 30.8. The normalized spacial score (nSPS) is 11.4. The molecule has 1 rings (SSSR count). The monoisotopic (exact) mass is 284 g/mol. The van der Waals surface area contributed by atoms with Crippen LogP contribution in [0, 0.1) is 11.3 Å². The van der Waals surface area contributed by atoms with Crippen molar-refractivity contribution in [1.82, 2.24) is 9.29 Å². The molecule has 0 aromatic carbocycles. The maximum absolute atomic E-state index is 12.4. The summed E-state index contributed by atoms with van der Waals surface area (Å²) in [4.78, 5) is 3.82. The molecule has 0 aliphatic rings. The van der Waals surface area contributed by atoms with Gasteiger partial charge >= 0.3 is 0 Å². The smallest absolute Gasteiger partial charge is 0.243 e. The number of nitrogens with zero attached hydrogens (tertiary/aromatic N) is 3. The summed E-state index contributed by atoms with van der Waals surface area (Å²) in [6.45, 7) is 0.554. The molecule has 0 atom stereocenters. The number of aromatic nitrogens is 1. The van der Waals surface area contributed by atoms with E-state index in [-0.39, 0.29) is 36.8 Å². The molecule has 0 aliphatic heterocycles. The summed E-state index contributed by atoms with van der Waals surface area (Å²) in [5.41, 5.74) is 5.48. The van der Waals surface area contributed by atoms with Crippen molar-refractivity contribution in [1.29, 1.82) is 5.26 Å². The molecule has 0 aliphatic carbocycles. The van der Waals surface area contributed by atoms with E-state index >= 15 is 0 Å². The van der Waals surface area contributed by atoms with Crippen molar-refractivity contribution in [2.75, 3.05) is 32.5 Å². The maximum Gasteiger partial charge on any atom is 0.243 e. The van der Waals surface area contributed by atoms with Crippen LogP contribution in [0.4, 0.5) is 5.82 Å². The standard InChI is InChI=1S/C11H16N4O3S/c1-18-8-7-15(6-2-4-12)19(16,17)10-3-5-14-11(13)9-10/h3,5,9H,2,6-8H2,1H3,(H2,13,14). The highest BCUT2D eigenvalue weighted by atomic mass is 32.2. The van der Waals surface area contributed by atoms with Crippen molar-refractivity contribution in [3.63, 3.8) is 0 Å². The second kappa shape index (κ2) is 7.04. The molecule has 0 saturated heterocycles. The van der Waals surface area contributed by atoms with E-state index in [9.17, 15) is 8.42 Å². The topological polar surface area (TPSA) is 109 Å². The van der Waals surface area contributed by atoms with Crippen LogP contribution in [-0.4, -0.2) is 44.5 Å². The van der Waals surface area contributed by atoms with E-state index in [1.807, 2.05) is 6.07 Å². The number of nitriles is 1. The molecule has 0 spiro atoms. The third-order valence-electron chi connectivity index (χ3n) is 2.41. The second-order valence-electron chi connectivity index (χ2n) is 3.72. The highest BCUT2D eigenvalue weighted by molar-refractivity contribution is 7.89. The lowest BCUT2D eigenvalue weighted by atomic mass is 10.4. The molecule has 19 heavy (non-hydrogen) atoms. The van der Waals surface area contributed by atoms with Crippen molar-refractivity contribution in [3.8, 4) is 6.07 Å². The van der Waals surface area contributed by atoms with Crippen LogP contribution in [0.25, 0.3) is 0 Å². The Morgan fingerprint density at radius 3 is 2.84 bits per heavy atom. The quantitative estimate of drug-likeness (QED) is 0.766. The first-order chi connectivity index (χ1) is 9.02. The van der Waals surface area contributed by atoms with Gasteiger partial charge in [0.2, 0.25) is 10.0 Å². The van der Waals surface area contributed by atoms with Crippen molar-refractivity contribution in [3.05, 3.63) is 18.3 Å². The third-order valence-corrected chi connectivity index (χ3v) is 4.30. The number of pyridine rings is 1. The third kappa shape index (κ3) is 4.17. The lowest BCUT2D eigenvalue weighted by Gasteiger charge is -2.20. The van der Waals surface area contributed by atoms with Crippen molar-refractivity contribution >= 4 is 15.8 Å². The number of hydrogen-bond acceptors (Lipinski definition) is 6. The Kier molecular flexibility index (Phi) is 5.69. The number of ether oxygens (including phenoxy) is 1. The Hall–Kier alpha value is -1.69. The molecular formula is C11H16N4O3S. The Bertz CT molecular complexity index is 553. The number of nitrogen functional groups attached to an aromatic ring is 1. The summed E-state index contributed by atoms with van der Waals surface area (Å²) in [5, 5.41) is 8.59. The molecule has 0 saturated carbocycles. The molecule has 0 fully saturated rings. The molecule has 1 aromatic rings. The van der Waals surface area contributed by atoms with E-state index in [0.29, 0.717) is 0 Å². The summed E-state index contributed by atoms with van der Waals surface area (Å²) in [7, 11) is -2.20. The van der Waals surface area contributed by atoms with E-state index in [1.165, 1.54) is 29.7 Å². The van der Waals surface area contributed by atoms with E-state index in [0.717, 1.165) is 0 Å². The van der Waals surface area contributed by atoms with Crippen LogP contribution >= 0.6 is 0 Å². The van der Waals surface area contributed by atoms with Gasteiger partial charge in [0.05, 0.1) is 17.6 Å². The molecule has 7 nitrogen and oxygen atoms in total. The summed E-state index contributed by atoms with van der Waals surface area (Å²) in [5.74, 6) is 0.132. The van der Waals surface area contributed by atoms with E-state index in [4.69, 9.17) is 15.7 Å². The van der Waals surface area contributed by atoms with Gasteiger partial charge in [-0.2, -0.15) is 9.57 Å². The van der Waals surface area contributed by atoms with Crippen LogP contribution in [0.3, 0.4) is 0 Å². The van der Waals surface area contributed by atoms with Gasteiger partial charge in [-0.25, -0.2) is 13.4 Å². The first kappa shape index (κ1) is 15.4. The van der Waals surface area contributed by atoms with E-state index in [1.54, 1.807) is 0 Å². The predicted octanol–water partition coefficient (Wildman–Crippen LogP) is 0.215. The maximum atomic E-state index is 12.4. The number of sulfonamides is 1. The fraction of sp³-hybridized carbons (Fsp3) is 0.455. The largest absolute Gasteiger partial charge is 0.384 e. The zero-order valence-corrected chi connectivity index (χ0v) is 11.4. The van der Waals surface area contributed by atoms with Crippen LogP contribution in [0.15, 0.2) is 23.2 Å². The lowest BCUT2D eigenvalue weighted by Crippen LogP contribution is -2.34. The van der Waals surface area contributed by atoms with Crippen LogP contribution in [0.1, 0.15) is 6.42 Å². The van der Waals surface area contributed by atoms with Crippen LogP contribution in [0.5, 0.6) is 0 Å². The van der Waals surface area contributed by atoms with Gasteiger partial charge in [0, 0.05) is 38.9 Å². The number of hydrogen-bond donors (Lipinski definition) is 1. The Labute approximate surface area is 112 Å². The summed E-state index contributed by atoms with van der Waals surface area (Å²) in [6, 6.07) is 4.59. The minimum Gasteiger partial charge on any atom is -0.384 e. The average Bonchev–Trinajstić information content (AvgIpc) is 2.38. The predicted molar refractivity (Wildman–Crippen MR) is 69.5 cm³/mol. The fourth-order valence-corrected chi connectivity index (χ4v) is 2.90. The molecular weight excluding hydrogens is 268 g/mol. The van der Waals surface area contributed by atoms with Crippen LogP contribution in [0.2, 0.25) is 0 Å². The van der Waals surface area contributed by atoms with E-state index in [2.05, 4.69) is 4.98 Å². The van der Waals surface area contributed by atoms with Gasteiger partial charge in [0.1, 0.15) is 5.82 Å². The molecule has 0 radical (unpaired) electrons. The van der Waals surface area contributed by atoms with Crippen molar-refractivity contribution in [2.24, 2.45) is 0 Å². The SMILES string of the molecule is COCCN(CCC#N)S(=O)(=O)c1ccnc(N)c1. The van der Waals surface area contributed by atoms with Gasteiger partial charge in [-0.15, -0.1) is 0 Å². The minimum absolute atomic E-state index is 0.0639. The van der Waals surface area contributed by atoms with Crippen molar-refractivity contribution < 1.29 is 13.2 Å². The van der Waals surface area contributed by atoms with Gasteiger partial charge < -0.3 is 10.5 Å². The number of methoxy groups -OCH3 is 1. The van der Waals surface area contributed by atoms with Crippen LogP contribution in [-0.2, 0) is 14.8 Å². The molecule has 1 aromatic heterocycles. The lowest BCUT2D eigenvalue weighted by molar-refractivity contribution is 0.179. The molecule has 8 heteroatoms. The number of nitrogens with two attached hydrogens (primary N) is 1. The highest BCUT2D eigenvalue weighted by Crippen LogP contribution is 2.16. The first-order valence-electron chi connectivity index (χ1n) is 5.60. The Morgan fingerprint density at radius 2 is 2.26 bits per heavy atom. The summed E-state index contributed by atoms with van der Waals surface area (Å²) in [6.07, 6.45) is 1.45. The zero-order chi connectivity index (χ0) is 14.3. The average molecular weight is 284 g/mol. The van der Waals surface area contributed by atoms with Crippen LogP contribution < -0.4 is 5.73 Å². The van der Waals surface area contributed by atoms with Gasteiger partial charge in [0.15, 0.2) is 0 Å². The molecule has 104 valence electrons. The Morgan fingerprint density at radius 1 is 1.53 bits per heavy atom. The molecule has 2 N–H and O–H groups in total. The van der Waals surface area contributed by atoms with Crippen molar-refractivity contribution in [2.45, 2.75) is 11.3 Å². The zero-order valence-electron chi connectivity index (χ0n) is 10.6. The minimum atomic E-state index is -3.69. The van der Waals surface area contributed by atoms with Gasteiger partial charge in [-0.1, -0.05) is 0 Å². The van der Waals surface area contributed by atoms with Gasteiger partial charge in [-0.3, -0.25) is 0 Å². The number of rotatable bonds is 7. The van der Waals surface area contributed by atoms with Gasteiger partial charge in [0.25, 0.3) is 0 Å². The van der Waals surface area contributed by atoms with Gasteiger partial charge in [-0.05, 0) is 6.07 Å².